The summed E-state index contributed by atoms with van der Waals surface area (Å²) in [5.41, 5.74) is 0. The normalized spacial score (nSPS) is 30.8. The van der Waals surface area contributed by atoms with E-state index in [0.29, 0.717) is 0 Å². The number of carbonyl (C=O) groups excluding carboxylic acids is 1. The minimum atomic E-state index is 0.165. The van der Waals surface area contributed by atoms with Gasteiger partial charge in [-0.3, -0.25) is 9.69 Å². The molecule has 2 saturated heterocycles. The lowest BCUT2D eigenvalue weighted by molar-refractivity contribution is -0.153. The number of rotatable bonds is 4. The number of ether oxygens (including phenoxy) is 1. The van der Waals surface area contributed by atoms with E-state index in [4.69, 9.17) is 9.15 Å². The second kappa shape index (κ2) is 4.90. The Morgan fingerprint density at radius 1 is 1.30 bits per heavy atom. The van der Waals surface area contributed by atoms with E-state index in [-0.39, 0.29) is 24.7 Å². The number of hydrogen-bond donors (Lipinski definition) is 0. The summed E-state index contributed by atoms with van der Waals surface area (Å²) < 4.78 is 11.1. The summed E-state index contributed by atoms with van der Waals surface area (Å²) in [6.07, 6.45) is 4.43. The van der Waals surface area contributed by atoms with Crippen molar-refractivity contribution in [2.45, 2.75) is 31.5 Å². The van der Waals surface area contributed by atoms with Gasteiger partial charge in [0.2, 0.25) is 5.91 Å². The molecule has 2 aliphatic heterocycles. The zero-order valence-electron chi connectivity index (χ0n) is 11.5. The summed E-state index contributed by atoms with van der Waals surface area (Å²) in [4.78, 5) is 16.5. The first-order chi connectivity index (χ1) is 9.79. The van der Waals surface area contributed by atoms with Crippen LogP contribution in [0.15, 0.2) is 22.8 Å². The molecule has 0 radical (unpaired) electrons. The van der Waals surface area contributed by atoms with Gasteiger partial charge in [-0.25, -0.2) is 0 Å². The Bertz CT molecular complexity index is 483. The molecule has 3 aliphatic rings. The molecule has 0 spiro atoms. The van der Waals surface area contributed by atoms with E-state index in [1.807, 2.05) is 12.1 Å². The predicted octanol–water partition coefficient (Wildman–Crippen LogP) is 1.10. The number of likely N-dealkylation sites (tertiary alicyclic amines) is 1. The van der Waals surface area contributed by atoms with Crippen molar-refractivity contribution in [2.75, 3.05) is 26.2 Å². The van der Waals surface area contributed by atoms with E-state index in [9.17, 15) is 4.79 Å². The number of morpholine rings is 1. The quantitative estimate of drug-likeness (QED) is 0.826. The van der Waals surface area contributed by atoms with Gasteiger partial charge in [-0.1, -0.05) is 0 Å². The second-order valence-corrected chi connectivity index (χ2v) is 6.18. The molecule has 2 atom stereocenters. The topological polar surface area (TPSA) is 45.9 Å². The lowest BCUT2D eigenvalue weighted by Crippen LogP contribution is -2.54. The molecule has 5 heteroatoms. The molecule has 1 amide bonds. The maximum absolute atomic E-state index is 12.1. The molecule has 1 aliphatic carbocycles. The SMILES string of the molecule is O=C1COC2CN(Cc3ccco3)CC2N1CC1CC1. The molecule has 1 aromatic rings. The van der Waals surface area contributed by atoms with Crippen LogP contribution < -0.4 is 0 Å². The molecule has 1 aromatic heterocycles. The number of carbonyl (C=O) groups is 1. The molecule has 0 N–H and O–H groups in total. The van der Waals surface area contributed by atoms with Crippen LogP contribution in [0.3, 0.4) is 0 Å². The summed E-state index contributed by atoms with van der Waals surface area (Å²) in [5.74, 6) is 1.87. The average Bonchev–Trinajstić information content (AvgIpc) is 2.95. The molecule has 108 valence electrons. The van der Waals surface area contributed by atoms with Crippen LogP contribution in [0.25, 0.3) is 0 Å². The zero-order chi connectivity index (χ0) is 13.5. The largest absolute Gasteiger partial charge is 0.468 e. The van der Waals surface area contributed by atoms with E-state index in [1.165, 1.54) is 12.8 Å². The van der Waals surface area contributed by atoms with Crippen LogP contribution in [-0.2, 0) is 16.1 Å². The fraction of sp³-hybridized carbons (Fsp3) is 0.667. The molecule has 1 saturated carbocycles. The standard InChI is InChI=1S/C15H20N2O3/c18-15-10-20-14-9-16(7-12-2-1-5-19-12)8-13(14)17(15)6-11-3-4-11/h1-2,5,11,13-14H,3-4,6-10H2. The molecule has 3 heterocycles. The minimum absolute atomic E-state index is 0.165. The van der Waals surface area contributed by atoms with Crippen LogP contribution in [-0.4, -0.2) is 54.1 Å². The average molecular weight is 276 g/mol. The monoisotopic (exact) mass is 276 g/mol. The zero-order valence-corrected chi connectivity index (χ0v) is 11.5. The van der Waals surface area contributed by atoms with Crippen molar-refractivity contribution >= 4 is 5.91 Å². The van der Waals surface area contributed by atoms with E-state index in [2.05, 4.69) is 9.80 Å². The van der Waals surface area contributed by atoms with Crippen LogP contribution in [0.2, 0.25) is 0 Å². The van der Waals surface area contributed by atoms with Crippen molar-refractivity contribution in [1.82, 2.24) is 9.80 Å². The molecule has 0 bridgehead atoms. The molecule has 4 rings (SSSR count). The van der Waals surface area contributed by atoms with E-state index in [1.54, 1.807) is 6.26 Å². The molecular formula is C15H20N2O3. The summed E-state index contributed by atoms with van der Waals surface area (Å²) >= 11 is 0. The van der Waals surface area contributed by atoms with Crippen molar-refractivity contribution in [2.24, 2.45) is 5.92 Å². The fourth-order valence-corrected chi connectivity index (χ4v) is 3.31. The lowest BCUT2D eigenvalue weighted by atomic mass is 10.1. The van der Waals surface area contributed by atoms with Crippen molar-refractivity contribution < 1.29 is 13.9 Å². The number of nitrogens with zero attached hydrogens (tertiary/aromatic N) is 2. The third kappa shape index (κ3) is 2.36. The predicted molar refractivity (Wildman–Crippen MR) is 72.0 cm³/mol. The Hall–Kier alpha value is -1.33. The fourth-order valence-electron chi connectivity index (χ4n) is 3.31. The highest BCUT2D eigenvalue weighted by atomic mass is 16.5. The number of fused-ring (bicyclic) bond motifs is 1. The van der Waals surface area contributed by atoms with Gasteiger partial charge in [-0.2, -0.15) is 0 Å². The summed E-state index contributed by atoms with van der Waals surface area (Å²) in [6, 6.07) is 4.14. The highest BCUT2D eigenvalue weighted by molar-refractivity contribution is 5.78. The first-order valence-electron chi connectivity index (χ1n) is 7.45. The van der Waals surface area contributed by atoms with Gasteiger partial charge < -0.3 is 14.1 Å². The molecule has 0 aromatic carbocycles. The van der Waals surface area contributed by atoms with Crippen LogP contribution in [0.4, 0.5) is 0 Å². The van der Waals surface area contributed by atoms with Crippen LogP contribution in [0.1, 0.15) is 18.6 Å². The summed E-state index contributed by atoms with van der Waals surface area (Å²) in [5, 5.41) is 0. The Morgan fingerprint density at radius 3 is 2.95 bits per heavy atom. The number of hydrogen-bond acceptors (Lipinski definition) is 4. The van der Waals surface area contributed by atoms with E-state index < -0.39 is 0 Å². The van der Waals surface area contributed by atoms with Gasteiger partial charge in [0, 0.05) is 19.6 Å². The maximum atomic E-state index is 12.1. The highest BCUT2D eigenvalue weighted by Gasteiger charge is 2.44. The smallest absolute Gasteiger partial charge is 0.248 e. The lowest BCUT2D eigenvalue weighted by Gasteiger charge is -2.36. The summed E-state index contributed by atoms with van der Waals surface area (Å²) in [7, 11) is 0. The van der Waals surface area contributed by atoms with E-state index in [0.717, 1.165) is 37.9 Å². The summed E-state index contributed by atoms with van der Waals surface area (Å²) in [6.45, 7) is 3.76. The Morgan fingerprint density at radius 2 is 2.20 bits per heavy atom. The van der Waals surface area contributed by atoms with Crippen molar-refractivity contribution in [1.29, 1.82) is 0 Å². The van der Waals surface area contributed by atoms with Gasteiger partial charge in [0.1, 0.15) is 12.4 Å². The Labute approximate surface area is 118 Å². The second-order valence-electron chi connectivity index (χ2n) is 6.18. The van der Waals surface area contributed by atoms with Gasteiger partial charge in [0.05, 0.1) is 25.0 Å². The molecule has 20 heavy (non-hydrogen) atoms. The Balaban J connectivity index is 1.44. The molecule has 3 fully saturated rings. The molecular weight excluding hydrogens is 256 g/mol. The Kier molecular flexibility index (Phi) is 3.04. The van der Waals surface area contributed by atoms with Gasteiger partial charge in [0.25, 0.3) is 0 Å². The molecule has 5 nitrogen and oxygen atoms in total. The van der Waals surface area contributed by atoms with Gasteiger partial charge in [-0.05, 0) is 30.9 Å². The van der Waals surface area contributed by atoms with E-state index >= 15 is 0 Å². The van der Waals surface area contributed by atoms with Crippen LogP contribution >= 0.6 is 0 Å². The third-order valence-electron chi connectivity index (χ3n) is 4.57. The van der Waals surface area contributed by atoms with Crippen molar-refractivity contribution in [3.8, 4) is 0 Å². The van der Waals surface area contributed by atoms with Gasteiger partial charge in [-0.15, -0.1) is 0 Å². The van der Waals surface area contributed by atoms with Gasteiger partial charge in [0.15, 0.2) is 0 Å². The first kappa shape index (κ1) is 12.4. The van der Waals surface area contributed by atoms with Crippen molar-refractivity contribution in [3.63, 3.8) is 0 Å². The van der Waals surface area contributed by atoms with Crippen LogP contribution in [0, 0.1) is 5.92 Å². The third-order valence-corrected chi connectivity index (χ3v) is 4.57. The van der Waals surface area contributed by atoms with Crippen LogP contribution in [0.5, 0.6) is 0 Å². The molecule has 2 unspecified atom stereocenters. The van der Waals surface area contributed by atoms with Gasteiger partial charge >= 0.3 is 0 Å². The minimum Gasteiger partial charge on any atom is -0.468 e. The maximum Gasteiger partial charge on any atom is 0.248 e. The van der Waals surface area contributed by atoms with Crippen molar-refractivity contribution in [3.05, 3.63) is 24.2 Å². The first-order valence-corrected chi connectivity index (χ1v) is 7.45. The number of furan rings is 1. The highest BCUT2D eigenvalue weighted by Crippen LogP contribution is 2.33. The number of amides is 1.